The van der Waals surface area contributed by atoms with Crippen LogP contribution in [0.3, 0.4) is 0 Å². The lowest BCUT2D eigenvalue weighted by atomic mass is 10.2. The van der Waals surface area contributed by atoms with Gasteiger partial charge in [-0.15, -0.1) is 11.8 Å². The third kappa shape index (κ3) is 2.48. The van der Waals surface area contributed by atoms with E-state index in [4.69, 9.17) is 0 Å². The molecule has 0 bridgehead atoms. The Bertz CT molecular complexity index is 550. The van der Waals surface area contributed by atoms with E-state index in [0.717, 1.165) is 28.5 Å². The number of benzene rings is 1. The molecule has 0 unspecified atom stereocenters. The maximum absolute atomic E-state index is 4.55. The standard InChI is InChI=1S/C14H17N3S/c1-9-10(2)16-14(17-13(9)15-3)11-5-7-12(18-4)8-6-11/h5-8H,1-4H3,(H,15,16,17). The molecule has 0 saturated heterocycles. The molecule has 1 aromatic carbocycles. The van der Waals surface area contributed by atoms with Crippen molar-refractivity contribution in [2.75, 3.05) is 18.6 Å². The van der Waals surface area contributed by atoms with Crippen molar-refractivity contribution < 1.29 is 0 Å². The van der Waals surface area contributed by atoms with Crippen LogP contribution >= 0.6 is 11.8 Å². The van der Waals surface area contributed by atoms with Crippen LogP contribution in [0.25, 0.3) is 11.4 Å². The fourth-order valence-corrected chi connectivity index (χ4v) is 2.15. The number of hydrogen-bond donors (Lipinski definition) is 1. The molecule has 2 rings (SSSR count). The zero-order valence-electron chi connectivity index (χ0n) is 11.1. The molecule has 0 radical (unpaired) electrons. The molecule has 0 amide bonds. The van der Waals surface area contributed by atoms with Crippen LogP contribution in [0.4, 0.5) is 5.82 Å². The number of thioether (sulfide) groups is 1. The van der Waals surface area contributed by atoms with Crippen molar-refractivity contribution in [3.63, 3.8) is 0 Å². The number of hydrogen-bond acceptors (Lipinski definition) is 4. The van der Waals surface area contributed by atoms with Gasteiger partial charge >= 0.3 is 0 Å². The summed E-state index contributed by atoms with van der Waals surface area (Å²) in [4.78, 5) is 10.3. The van der Waals surface area contributed by atoms with Crippen LogP contribution in [0, 0.1) is 13.8 Å². The molecule has 1 aromatic heterocycles. The third-order valence-electron chi connectivity index (χ3n) is 2.97. The molecule has 4 heteroatoms. The summed E-state index contributed by atoms with van der Waals surface area (Å²) in [5, 5.41) is 3.11. The highest BCUT2D eigenvalue weighted by Gasteiger charge is 2.08. The molecule has 2 aromatic rings. The molecule has 0 spiro atoms. The Morgan fingerprint density at radius 2 is 1.72 bits per heavy atom. The van der Waals surface area contributed by atoms with Gasteiger partial charge in [0.25, 0.3) is 0 Å². The average Bonchev–Trinajstić information content (AvgIpc) is 2.42. The zero-order valence-corrected chi connectivity index (χ0v) is 11.9. The molecule has 0 aliphatic rings. The van der Waals surface area contributed by atoms with Gasteiger partial charge in [-0.2, -0.15) is 0 Å². The summed E-state index contributed by atoms with van der Waals surface area (Å²) in [5.41, 5.74) is 3.16. The number of nitrogens with zero attached hydrogens (tertiary/aromatic N) is 2. The number of anilines is 1. The minimum Gasteiger partial charge on any atom is -0.373 e. The molecule has 0 fully saturated rings. The molecule has 0 saturated carbocycles. The Labute approximate surface area is 112 Å². The average molecular weight is 259 g/mol. The van der Waals surface area contributed by atoms with E-state index in [2.05, 4.69) is 45.8 Å². The lowest BCUT2D eigenvalue weighted by Gasteiger charge is -2.09. The van der Waals surface area contributed by atoms with Crippen LogP contribution in [0.1, 0.15) is 11.3 Å². The predicted octanol–water partition coefficient (Wildman–Crippen LogP) is 3.52. The van der Waals surface area contributed by atoms with Gasteiger partial charge in [-0.25, -0.2) is 9.97 Å². The smallest absolute Gasteiger partial charge is 0.161 e. The Kier molecular flexibility index (Phi) is 3.87. The molecule has 0 aliphatic heterocycles. The highest BCUT2D eigenvalue weighted by atomic mass is 32.2. The molecule has 1 heterocycles. The van der Waals surface area contributed by atoms with Gasteiger partial charge in [0.1, 0.15) is 5.82 Å². The first-order valence-electron chi connectivity index (χ1n) is 5.83. The summed E-state index contributed by atoms with van der Waals surface area (Å²) in [7, 11) is 1.88. The second-order valence-electron chi connectivity index (χ2n) is 4.08. The number of aryl methyl sites for hydroxylation is 1. The molecule has 1 N–H and O–H groups in total. The Hall–Kier alpha value is -1.55. The Balaban J connectivity index is 2.46. The second kappa shape index (κ2) is 5.40. The zero-order chi connectivity index (χ0) is 13.1. The van der Waals surface area contributed by atoms with E-state index < -0.39 is 0 Å². The van der Waals surface area contributed by atoms with Crippen LogP contribution in [-0.2, 0) is 0 Å². The van der Waals surface area contributed by atoms with Crippen LogP contribution in [0.15, 0.2) is 29.2 Å². The fourth-order valence-electron chi connectivity index (χ4n) is 1.74. The SMILES string of the molecule is CNc1nc(-c2ccc(SC)cc2)nc(C)c1C. The number of rotatable bonds is 3. The summed E-state index contributed by atoms with van der Waals surface area (Å²) >= 11 is 1.73. The third-order valence-corrected chi connectivity index (χ3v) is 3.72. The first-order valence-corrected chi connectivity index (χ1v) is 7.05. The lowest BCUT2D eigenvalue weighted by molar-refractivity contribution is 1.07. The topological polar surface area (TPSA) is 37.8 Å². The quantitative estimate of drug-likeness (QED) is 0.856. The Morgan fingerprint density at radius 1 is 1.06 bits per heavy atom. The minimum atomic E-state index is 0.773. The maximum atomic E-state index is 4.55. The fraction of sp³-hybridized carbons (Fsp3) is 0.286. The highest BCUT2D eigenvalue weighted by molar-refractivity contribution is 7.98. The van der Waals surface area contributed by atoms with Gasteiger partial charge in [0.15, 0.2) is 5.82 Å². The Morgan fingerprint density at radius 3 is 2.28 bits per heavy atom. The normalized spacial score (nSPS) is 10.4. The van der Waals surface area contributed by atoms with E-state index in [1.165, 1.54) is 4.90 Å². The van der Waals surface area contributed by atoms with Gasteiger partial charge in [0.2, 0.25) is 0 Å². The van der Waals surface area contributed by atoms with Crippen molar-refractivity contribution >= 4 is 17.6 Å². The predicted molar refractivity (Wildman–Crippen MR) is 78.3 cm³/mol. The van der Waals surface area contributed by atoms with Crippen LogP contribution in [0.2, 0.25) is 0 Å². The maximum Gasteiger partial charge on any atom is 0.161 e. The first kappa shape index (κ1) is 12.9. The van der Waals surface area contributed by atoms with Crippen molar-refractivity contribution in [1.82, 2.24) is 9.97 Å². The van der Waals surface area contributed by atoms with Crippen molar-refractivity contribution in [3.05, 3.63) is 35.5 Å². The molecule has 3 nitrogen and oxygen atoms in total. The van der Waals surface area contributed by atoms with Crippen molar-refractivity contribution in [3.8, 4) is 11.4 Å². The minimum absolute atomic E-state index is 0.773. The summed E-state index contributed by atoms with van der Waals surface area (Å²) in [6.45, 7) is 4.04. The summed E-state index contributed by atoms with van der Waals surface area (Å²) in [6, 6.07) is 8.32. The van der Waals surface area contributed by atoms with E-state index in [1.54, 1.807) is 11.8 Å². The van der Waals surface area contributed by atoms with E-state index in [1.807, 2.05) is 20.9 Å². The van der Waals surface area contributed by atoms with E-state index >= 15 is 0 Å². The highest BCUT2D eigenvalue weighted by Crippen LogP contribution is 2.23. The summed E-state index contributed by atoms with van der Waals surface area (Å²) < 4.78 is 0. The van der Waals surface area contributed by atoms with Crippen LogP contribution < -0.4 is 5.32 Å². The van der Waals surface area contributed by atoms with Gasteiger partial charge in [0.05, 0.1) is 0 Å². The molecule has 18 heavy (non-hydrogen) atoms. The van der Waals surface area contributed by atoms with Crippen molar-refractivity contribution in [2.45, 2.75) is 18.7 Å². The largest absolute Gasteiger partial charge is 0.373 e. The lowest BCUT2D eigenvalue weighted by Crippen LogP contribution is -2.02. The second-order valence-corrected chi connectivity index (χ2v) is 4.96. The van der Waals surface area contributed by atoms with Gasteiger partial charge in [-0.3, -0.25) is 0 Å². The number of nitrogens with one attached hydrogen (secondary N) is 1. The van der Waals surface area contributed by atoms with Gasteiger partial charge in [0, 0.05) is 28.8 Å². The molecule has 0 aliphatic carbocycles. The van der Waals surface area contributed by atoms with E-state index in [9.17, 15) is 0 Å². The van der Waals surface area contributed by atoms with Gasteiger partial charge < -0.3 is 5.32 Å². The summed E-state index contributed by atoms with van der Waals surface area (Å²) in [5.74, 6) is 1.67. The van der Waals surface area contributed by atoms with Crippen LogP contribution in [-0.4, -0.2) is 23.3 Å². The molecular weight excluding hydrogens is 242 g/mol. The van der Waals surface area contributed by atoms with Gasteiger partial charge in [-0.05, 0) is 32.2 Å². The van der Waals surface area contributed by atoms with E-state index in [-0.39, 0.29) is 0 Å². The molecule has 0 atom stereocenters. The summed E-state index contributed by atoms with van der Waals surface area (Å²) in [6.07, 6.45) is 2.07. The van der Waals surface area contributed by atoms with Crippen LogP contribution in [0.5, 0.6) is 0 Å². The first-order chi connectivity index (χ1) is 8.65. The van der Waals surface area contributed by atoms with Gasteiger partial charge in [-0.1, -0.05) is 12.1 Å². The monoisotopic (exact) mass is 259 g/mol. The van der Waals surface area contributed by atoms with Crippen molar-refractivity contribution in [2.24, 2.45) is 0 Å². The van der Waals surface area contributed by atoms with Crippen molar-refractivity contribution in [1.29, 1.82) is 0 Å². The molecular formula is C14H17N3S. The van der Waals surface area contributed by atoms with E-state index in [0.29, 0.717) is 0 Å². The molecule has 94 valence electrons. The number of aromatic nitrogens is 2.